The van der Waals surface area contributed by atoms with Gasteiger partial charge in [0.1, 0.15) is 14.0 Å². The monoisotopic (exact) mass is 372 g/mol. The standard InChI is InChI=1S/C17H37BO4Si2/c1-11(2)23(12(3)4)19-10-16-15(9-17(18)20-16)21-24(22-23,13(5)6)14(7)8/h11-17H,9-10,18H2,1-8H3/t15-,16-,17-/m1/s1. The second-order valence-corrected chi connectivity index (χ2v) is 17.7. The maximum absolute atomic E-state index is 7.13. The lowest BCUT2D eigenvalue weighted by Gasteiger charge is -2.51. The predicted octanol–water partition coefficient (Wildman–Crippen LogP) is 3.69. The lowest BCUT2D eigenvalue weighted by molar-refractivity contribution is -0.0252. The first kappa shape index (κ1) is 20.6. The fraction of sp³-hybridized carbons (Fsp3) is 1.00. The zero-order valence-corrected chi connectivity index (χ0v) is 19.1. The Morgan fingerprint density at radius 1 is 0.792 bits per heavy atom. The van der Waals surface area contributed by atoms with Gasteiger partial charge in [0.25, 0.3) is 0 Å². The third-order valence-electron chi connectivity index (χ3n) is 5.73. The van der Waals surface area contributed by atoms with E-state index in [1.54, 1.807) is 0 Å². The molecule has 0 radical (unpaired) electrons. The smallest absolute Gasteiger partial charge is 0.335 e. The Labute approximate surface area is 151 Å². The average molecular weight is 372 g/mol. The van der Waals surface area contributed by atoms with Crippen LogP contribution < -0.4 is 0 Å². The molecule has 0 unspecified atom stereocenters. The highest BCUT2D eigenvalue weighted by Crippen LogP contribution is 2.47. The maximum Gasteiger partial charge on any atom is 0.335 e. The summed E-state index contributed by atoms with van der Waals surface area (Å²) in [6.07, 6.45) is 1.11. The molecule has 3 atom stereocenters. The van der Waals surface area contributed by atoms with Crippen molar-refractivity contribution in [2.75, 3.05) is 6.61 Å². The summed E-state index contributed by atoms with van der Waals surface area (Å²) in [4.78, 5) is 0. The molecule has 0 aromatic heterocycles. The fourth-order valence-corrected chi connectivity index (χ4v) is 15.6. The van der Waals surface area contributed by atoms with Gasteiger partial charge < -0.3 is 17.7 Å². The largest absolute Gasteiger partial charge is 0.414 e. The topological polar surface area (TPSA) is 36.9 Å². The van der Waals surface area contributed by atoms with Gasteiger partial charge in [0.05, 0.1) is 12.7 Å². The van der Waals surface area contributed by atoms with Crippen molar-refractivity contribution in [3.63, 3.8) is 0 Å². The minimum Gasteiger partial charge on any atom is -0.414 e. The first-order valence-corrected chi connectivity index (χ1v) is 13.7. The van der Waals surface area contributed by atoms with Gasteiger partial charge in [0, 0.05) is 6.00 Å². The Kier molecular flexibility index (Phi) is 6.47. The van der Waals surface area contributed by atoms with Crippen molar-refractivity contribution in [1.29, 1.82) is 0 Å². The number of ether oxygens (including phenoxy) is 1. The maximum atomic E-state index is 7.13. The van der Waals surface area contributed by atoms with Gasteiger partial charge in [-0.3, -0.25) is 0 Å². The molecule has 2 aliphatic rings. The summed E-state index contributed by atoms with van der Waals surface area (Å²) in [5.41, 5.74) is 1.56. The van der Waals surface area contributed by atoms with Crippen molar-refractivity contribution in [3.8, 4) is 0 Å². The van der Waals surface area contributed by atoms with Gasteiger partial charge >= 0.3 is 17.1 Å². The Morgan fingerprint density at radius 3 is 1.75 bits per heavy atom. The molecule has 2 aliphatic heterocycles. The Bertz CT molecular complexity index is 415. The van der Waals surface area contributed by atoms with Gasteiger partial charge in [-0.15, -0.1) is 0 Å². The second-order valence-electron chi connectivity index (χ2n) is 8.85. The second kappa shape index (κ2) is 7.53. The quantitative estimate of drug-likeness (QED) is 0.706. The zero-order chi connectivity index (χ0) is 18.3. The van der Waals surface area contributed by atoms with E-state index in [0.717, 1.165) is 6.42 Å². The normalized spacial score (nSPS) is 33.1. The molecule has 2 rings (SSSR count). The molecule has 0 spiro atoms. The molecule has 0 N–H and O–H groups in total. The van der Waals surface area contributed by atoms with Gasteiger partial charge in [-0.25, -0.2) is 0 Å². The molecule has 24 heavy (non-hydrogen) atoms. The van der Waals surface area contributed by atoms with Crippen molar-refractivity contribution in [2.45, 2.75) is 102 Å². The Balaban J connectivity index is 2.49. The van der Waals surface area contributed by atoms with E-state index >= 15 is 0 Å². The van der Waals surface area contributed by atoms with Crippen LogP contribution in [0.3, 0.4) is 0 Å². The molecular weight excluding hydrogens is 335 g/mol. The highest BCUT2D eigenvalue weighted by molar-refractivity contribution is 6.83. The molecule has 7 heteroatoms. The highest BCUT2D eigenvalue weighted by atomic mass is 28.5. The number of hydrogen-bond donors (Lipinski definition) is 0. The summed E-state index contributed by atoms with van der Waals surface area (Å²) in [5.74, 6) is 0. The van der Waals surface area contributed by atoms with E-state index in [1.807, 2.05) is 0 Å². The van der Waals surface area contributed by atoms with Crippen LogP contribution in [0.15, 0.2) is 0 Å². The van der Waals surface area contributed by atoms with Crippen LogP contribution >= 0.6 is 0 Å². The van der Waals surface area contributed by atoms with E-state index < -0.39 is 17.1 Å². The minimum atomic E-state index is -2.44. The van der Waals surface area contributed by atoms with Crippen LogP contribution in [0.4, 0.5) is 0 Å². The van der Waals surface area contributed by atoms with Crippen LogP contribution in [-0.4, -0.2) is 49.8 Å². The molecule has 0 aliphatic carbocycles. The Morgan fingerprint density at radius 2 is 1.29 bits per heavy atom. The molecule has 0 bridgehead atoms. The first-order chi connectivity index (χ1) is 11.0. The van der Waals surface area contributed by atoms with Gasteiger partial charge in [0.15, 0.2) is 0 Å². The van der Waals surface area contributed by atoms with Crippen molar-refractivity contribution < 1.29 is 17.7 Å². The predicted molar refractivity (Wildman–Crippen MR) is 106 cm³/mol. The first-order valence-electron chi connectivity index (χ1n) is 9.72. The molecule has 140 valence electrons. The van der Waals surface area contributed by atoms with E-state index in [-0.39, 0.29) is 18.2 Å². The van der Waals surface area contributed by atoms with Crippen molar-refractivity contribution in [1.82, 2.24) is 0 Å². The summed E-state index contributed by atoms with van der Waals surface area (Å²) < 4.78 is 26.8. The fourth-order valence-electron chi connectivity index (χ4n) is 4.35. The van der Waals surface area contributed by atoms with E-state index in [2.05, 4.69) is 63.2 Å². The van der Waals surface area contributed by atoms with Crippen LogP contribution in [0.2, 0.25) is 22.2 Å². The summed E-state index contributed by atoms with van der Waals surface area (Å²) in [6.45, 7) is 18.7. The van der Waals surface area contributed by atoms with Gasteiger partial charge in [0.2, 0.25) is 0 Å². The van der Waals surface area contributed by atoms with Crippen molar-refractivity contribution in [3.05, 3.63) is 0 Å². The van der Waals surface area contributed by atoms with Crippen molar-refractivity contribution in [2.24, 2.45) is 0 Å². The van der Waals surface area contributed by atoms with Crippen LogP contribution in [0, 0.1) is 0 Å². The SMILES string of the molecule is B[C@H]1C[C@H]2O[Si](C(C)C)(C(C)C)O[Si](C(C)C)(C(C)C)OC[C@H]2O1. The Hall–Kier alpha value is 0.339. The molecule has 0 amide bonds. The lowest BCUT2D eigenvalue weighted by Crippen LogP contribution is -2.65. The van der Waals surface area contributed by atoms with E-state index in [9.17, 15) is 0 Å². The number of fused-ring (bicyclic) bond motifs is 1. The molecule has 4 nitrogen and oxygen atoms in total. The summed E-state index contributed by atoms with van der Waals surface area (Å²) in [5, 5.41) is 0. The molecule has 0 aromatic carbocycles. The minimum absolute atomic E-state index is 0.0534. The summed E-state index contributed by atoms with van der Waals surface area (Å²) in [7, 11) is -2.71. The third kappa shape index (κ3) is 3.58. The van der Waals surface area contributed by atoms with E-state index in [1.165, 1.54) is 0 Å². The van der Waals surface area contributed by atoms with Gasteiger partial charge in [-0.2, -0.15) is 0 Å². The van der Waals surface area contributed by atoms with Crippen LogP contribution in [-0.2, 0) is 17.7 Å². The van der Waals surface area contributed by atoms with Crippen molar-refractivity contribution >= 4 is 25.0 Å². The molecule has 0 aromatic rings. The van der Waals surface area contributed by atoms with Crippen LogP contribution in [0.1, 0.15) is 61.8 Å². The summed E-state index contributed by atoms with van der Waals surface area (Å²) in [6, 6.07) is 0.238. The molecule has 2 saturated heterocycles. The molecule has 2 fully saturated rings. The molecule has 0 saturated carbocycles. The van der Waals surface area contributed by atoms with E-state index in [0.29, 0.717) is 28.8 Å². The highest BCUT2D eigenvalue weighted by Gasteiger charge is 2.59. The van der Waals surface area contributed by atoms with Crippen LogP contribution in [0.5, 0.6) is 0 Å². The number of hydrogen-bond acceptors (Lipinski definition) is 4. The zero-order valence-electron chi connectivity index (χ0n) is 17.1. The molecular formula is C17H37BO4Si2. The van der Waals surface area contributed by atoms with E-state index in [4.69, 9.17) is 17.7 Å². The van der Waals surface area contributed by atoms with Crippen LogP contribution in [0.25, 0.3) is 0 Å². The number of rotatable bonds is 4. The van der Waals surface area contributed by atoms with Gasteiger partial charge in [-0.05, 0) is 28.6 Å². The van der Waals surface area contributed by atoms with Gasteiger partial charge in [-0.1, -0.05) is 55.4 Å². The summed E-state index contributed by atoms with van der Waals surface area (Å²) >= 11 is 0. The lowest BCUT2D eigenvalue weighted by atomic mass is 9.96. The molecule has 2 heterocycles. The third-order valence-corrected chi connectivity index (χ3v) is 16.0. The average Bonchev–Trinajstić information content (AvgIpc) is 2.77.